The summed E-state index contributed by atoms with van der Waals surface area (Å²) < 4.78 is 11.5. The number of halogens is 1. The van der Waals surface area contributed by atoms with E-state index in [1.54, 1.807) is 0 Å². The highest BCUT2D eigenvalue weighted by Gasteiger charge is 2.36. The average Bonchev–Trinajstić information content (AvgIpc) is 2.54. The lowest BCUT2D eigenvalue weighted by Crippen LogP contribution is -2.30. The first-order chi connectivity index (χ1) is 5.72. The molecule has 0 radical (unpaired) electrons. The predicted molar refractivity (Wildman–Crippen MR) is 47.1 cm³/mol. The lowest BCUT2D eigenvalue weighted by atomic mass is 9.98. The van der Waals surface area contributed by atoms with Crippen molar-refractivity contribution in [1.29, 1.82) is 0 Å². The standard InChI is InChI=1S/C8H13FO2S/c9-5-7(11)4-8(6-10)2-1-3-12-8/h6-7,11H,1-5H2. The number of hydrogen-bond donors (Lipinski definition) is 1. The molecule has 70 valence electrons. The Bertz CT molecular complexity index is 157. The van der Waals surface area contributed by atoms with Crippen LogP contribution in [0.5, 0.6) is 0 Å². The maximum Gasteiger partial charge on any atom is 0.136 e. The lowest BCUT2D eigenvalue weighted by molar-refractivity contribution is -0.110. The Kier molecular flexibility index (Phi) is 3.53. The van der Waals surface area contributed by atoms with Gasteiger partial charge in [-0.15, -0.1) is 11.8 Å². The van der Waals surface area contributed by atoms with Gasteiger partial charge in [0.2, 0.25) is 0 Å². The third-order valence-corrected chi connectivity index (χ3v) is 3.64. The van der Waals surface area contributed by atoms with Crippen LogP contribution in [-0.2, 0) is 4.79 Å². The first-order valence-corrected chi connectivity index (χ1v) is 5.05. The van der Waals surface area contributed by atoms with E-state index in [0.29, 0.717) is 0 Å². The molecule has 0 bridgehead atoms. The summed E-state index contributed by atoms with van der Waals surface area (Å²) in [5, 5.41) is 9.07. The predicted octanol–water partition coefficient (Wildman–Crippen LogP) is 1.17. The number of rotatable bonds is 4. The van der Waals surface area contributed by atoms with E-state index in [9.17, 15) is 9.18 Å². The topological polar surface area (TPSA) is 37.3 Å². The number of carbonyl (C=O) groups excluding carboxylic acids is 1. The smallest absolute Gasteiger partial charge is 0.136 e. The Hall–Kier alpha value is -0.0900. The summed E-state index contributed by atoms with van der Waals surface area (Å²) in [6.45, 7) is -0.754. The minimum absolute atomic E-state index is 0.262. The number of carbonyl (C=O) groups is 1. The molecular weight excluding hydrogens is 179 g/mol. The van der Waals surface area contributed by atoms with Crippen LogP contribution in [0.25, 0.3) is 0 Å². The minimum atomic E-state index is -0.971. The van der Waals surface area contributed by atoms with E-state index in [0.717, 1.165) is 24.9 Å². The number of aldehydes is 1. The summed E-state index contributed by atoms with van der Waals surface area (Å²) in [6, 6.07) is 0. The number of thioether (sulfide) groups is 1. The second-order valence-corrected chi connectivity index (χ2v) is 4.66. The summed E-state index contributed by atoms with van der Waals surface area (Å²) in [5.41, 5.74) is 0. The molecule has 2 unspecified atom stereocenters. The fraction of sp³-hybridized carbons (Fsp3) is 0.875. The third kappa shape index (κ3) is 2.20. The van der Waals surface area contributed by atoms with Crippen LogP contribution in [0.15, 0.2) is 0 Å². The molecule has 2 nitrogen and oxygen atoms in total. The van der Waals surface area contributed by atoms with Crippen molar-refractivity contribution in [3.8, 4) is 0 Å². The van der Waals surface area contributed by atoms with Gasteiger partial charge in [-0.05, 0) is 25.0 Å². The summed E-state index contributed by atoms with van der Waals surface area (Å²) in [7, 11) is 0. The maximum absolute atomic E-state index is 12.0. The Balaban J connectivity index is 2.49. The molecule has 1 N–H and O–H groups in total. The van der Waals surface area contributed by atoms with E-state index in [2.05, 4.69) is 0 Å². The quantitative estimate of drug-likeness (QED) is 0.679. The zero-order chi connectivity index (χ0) is 9.03. The molecule has 4 heteroatoms. The molecule has 0 aromatic rings. The van der Waals surface area contributed by atoms with Crippen molar-refractivity contribution in [3.63, 3.8) is 0 Å². The van der Waals surface area contributed by atoms with Crippen molar-refractivity contribution in [2.45, 2.75) is 30.1 Å². The van der Waals surface area contributed by atoms with Gasteiger partial charge in [0.15, 0.2) is 0 Å². The van der Waals surface area contributed by atoms with Crippen LogP contribution < -0.4 is 0 Å². The monoisotopic (exact) mass is 192 g/mol. The zero-order valence-corrected chi connectivity index (χ0v) is 7.65. The largest absolute Gasteiger partial charge is 0.390 e. The van der Waals surface area contributed by atoms with E-state index >= 15 is 0 Å². The minimum Gasteiger partial charge on any atom is -0.390 e. The first kappa shape index (κ1) is 9.99. The van der Waals surface area contributed by atoms with Crippen LogP contribution in [0.1, 0.15) is 19.3 Å². The van der Waals surface area contributed by atoms with E-state index in [4.69, 9.17) is 5.11 Å². The summed E-state index contributed by atoms with van der Waals surface area (Å²) in [6.07, 6.45) is 1.92. The van der Waals surface area contributed by atoms with Crippen LogP contribution in [0.2, 0.25) is 0 Å². The van der Waals surface area contributed by atoms with E-state index in [1.807, 2.05) is 0 Å². The summed E-state index contributed by atoms with van der Waals surface area (Å²) in [4.78, 5) is 10.7. The van der Waals surface area contributed by atoms with Gasteiger partial charge in [0.05, 0.1) is 10.9 Å². The number of aliphatic hydroxyl groups excluding tert-OH is 1. The van der Waals surface area contributed by atoms with Crippen LogP contribution in [0.3, 0.4) is 0 Å². The normalized spacial score (nSPS) is 31.8. The first-order valence-electron chi connectivity index (χ1n) is 4.07. The molecule has 0 aliphatic carbocycles. The van der Waals surface area contributed by atoms with Gasteiger partial charge in [0.1, 0.15) is 13.0 Å². The van der Waals surface area contributed by atoms with Gasteiger partial charge >= 0.3 is 0 Å². The highest BCUT2D eigenvalue weighted by Crippen LogP contribution is 2.39. The van der Waals surface area contributed by atoms with E-state index < -0.39 is 17.5 Å². The van der Waals surface area contributed by atoms with Gasteiger partial charge in [-0.1, -0.05) is 0 Å². The second kappa shape index (κ2) is 4.23. The molecule has 0 aromatic heterocycles. The van der Waals surface area contributed by atoms with Crippen LogP contribution in [0.4, 0.5) is 4.39 Å². The zero-order valence-electron chi connectivity index (χ0n) is 6.83. The van der Waals surface area contributed by atoms with Crippen molar-refractivity contribution in [1.82, 2.24) is 0 Å². The van der Waals surface area contributed by atoms with Crippen molar-refractivity contribution in [2.75, 3.05) is 12.4 Å². The van der Waals surface area contributed by atoms with E-state index in [1.165, 1.54) is 11.8 Å². The summed E-state index contributed by atoms with van der Waals surface area (Å²) in [5.74, 6) is 0.942. The Labute approximate surface area is 75.5 Å². The summed E-state index contributed by atoms with van der Waals surface area (Å²) >= 11 is 1.54. The van der Waals surface area contributed by atoms with Crippen molar-refractivity contribution in [3.05, 3.63) is 0 Å². The fourth-order valence-corrected chi connectivity index (χ4v) is 2.84. The fourth-order valence-electron chi connectivity index (χ4n) is 1.47. The molecule has 1 aliphatic heterocycles. The highest BCUT2D eigenvalue weighted by molar-refractivity contribution is 8.01. The van der Waals surface area contributed by atoms with Crippen molar-refractivity contribution >= 4 is 18.0 Å². The molecule has 1 heterocycles. The van der Waals surface area contributed by atoms with Gasteiger partial charge in [0, 0.05) is 0 Å². The van der Waals surface area contributed by atoms with Gasteiger partial charge in [-0.3, -0.25) is 0 Å². The number of aliphatic hydroxyl groups is 1. The van der Waals surface area contributed by atoms with Gasteiger partial charge < -0.3 is 9.90 Å². The molecule has 0 spiro atoms. The lowest BCUT2D eigenvalue weighted by Gasteiger charge is -2.22. The number of hydrogen-bond acceptors (Lipinski definition) is 3. The molecule has 1 aliphatic rings. The van der Waals surface area contributed by atoms with Gasteiger partial charge in [0.25, 0.3) is 0 Å². The Morgan fingerprint density at radius 3 is 2.92 bits per heavy atom. The Morgan fingerprint density at radius 1 is 1.75 bits per heavy atom. The SMILES string of the molecule is O=CC1(CC(O)CF)CCCS1. The van der Waals surface area contributed by atoms with Crippen LogP contribution >= 0.6 is 11.8 Å². The molecule has 0 saturated carbocycles. The van der Waals surface area contributed by atoms with Crippen LogP contribution in [0, 0.1) is 0 Å². The maximum atomic E-state index is 12.0. The molecular formula is C8H13FO2S. The van der Waals surface area contributed by atoms with E-state index in [-0.39, 0.29) is 6.42 Å². The second-order valence-electron chi connectivity index (χ2n) is 3.15. The van der Waals surface area contributed by atoms with Gasteiger partial charge in [-0.25, -0.2) is 4.39 Å². The molecule has 1 saturated heterocycles. The molecule has 1 fully saturated rings. The molecule has 1 rings (SSSR count). The molecule has 0 amide bonds. The highest BCUT2D eigenvalue weighted by atomic mass is 32.2. The van der Waals surface area contributed by atoms with Crippen molar-refractivity contribution in [2.24, 2.45) is 0 Å². The Morgan fingerprint density at radius 2 is 2.50 bits per heavy atom. The number of alkyl halides is 1. The molecule has 2 atom stereocenters. The molecule has 0 aromatic carbocycles. The van der Waals surface area contributed by atoms with Crippen molar-refractivity contribution < 1.29 is 14.3 Å². The molecule has 12 heavy (non-hydrogen) atoms. The van der Waals surface area contributed by atoms with Crippen LogP contribution in [-0.4, -0.2) is 34.7 Å². The third-order valence-electron chi connectivity index (χ3n) is 2.11. The van der Waals surface area contributed by atoms with Gasteiger partial charge in [-0.2, -0.15) is 0 Å². The average molecular weight is 192 g/mol.